The highest BCUT2D eigenvalue weighted by atomic mass is 32.3. The number of ether oxygens (including phenoxy) is 4. The Morgan fingerprint density at radius 3 is 1.78 bits per heavy atom. The van der Waals surface area contributed by atoms with Crippen LogP contribution in [0.2, 0.25) is 0 Å². The van der Waals surface area contributed by atoms with Gasteiger partial charge in [-0.25, -0.2) is 4.18 Å². The van der Waals surface area contributed by atoms with Crippen LogP contribution in [0.1, 0.15) is 136 Å². The molecule has 0 radical (unpaired) electrons. The van der Waals surface area contributed by atoms with Crippen LogP contribution >= 0.6 is 0 Å². The van der Waals surface area contributed by atoms with E-state index in [9.17, 15) is 28.5 Å². The molecule has 6 atom stereocenters. The van der Waals surface area contributed by atoms with Crippen LogP contribution in [0.15, 0.2) is 0 Å². The highest BCUT2D eigenvalue weighted by Gasteiger charge is 2.48. The molecular formula is C32H62O12S. The van der Waals surface area contributed by atoms with Crippen molar-refractivity contribution in [1.82, 2.24) is 0 Å². The van der Waals surface area contributed by atoms with Gasteiger partial charge in [-0.1, -0.05) is 117 Å². The van der Waals surface area contributed by atoms with Crippen molar-refractivity contribution in [1.29, 1.82) is 0 Å². The lowest BCUT2D eigenvalue weighted by Gasteiger charge is -2.41. The molecule has 45 heavy (non-hydrogen) atoms. The molecular weight excluding hydrogens is 608 g/mol. The second-order valence-electron chi connectivity index (χ2n) is 12.1. The van der Waals surface area contributed by atoms with E-state index in [4.69, 9.17) is 23.5 Å². The average Bonchev–Trinajstić information content (AvgIpc) is 2.99. The standard InChI is InChI=1S/C32H62O12S/c1-3-5-7-8-9-10-11-12-13-14-15-16-17-18-20-22-40-24-26(42-28(34)21-19-6-4-2)25-41-32-30(36)31(44-45(37,38)39)29(35)27(23-33)43-32/h26-27,29-33,35-36H,3-25H2,1-2H3,(H,37,38,39). The van der Waals surface area contributed by atoms with Gasteiger partial charge in [0.05, 0.1) is 19.8 Å². The van der Waals surface area contributed by atoms with Crippen LogP contribution in [0.25, 0.3) is 0 Å². The van der Waals surface area contributed by atoms with Gasteiger partial charge in [0.25, 0.3) is 0 Å². The van der Waals surface area contributed by atoms with E-state index < -0.39 is 59.8 Å². The Hall–Kier alpha value is -0.900. The molecule has 0 aromatic carbocycles. The van der Waals surface area contributed by atoms with Crippen LogP contribution in [-0.2, 0) is 38.3 Å². The first-order chi connectivity index (χ1) is 21.6. The molecule has 0 aromatic heterocycles. The Balaban J connectivity index is 2.38. The molecule has 1 saturated heterocycles. The third-order valence-electron chi connectivity index (χ3n) is 7.98. The first kappa shape index (κ1) is 42.1. The molecule has 1 rings (SSSR count). The fourth-order valence-corrected chi connectivity index (χ4v) is 5.83. The van der Waals surface area contributed by atoms with Gasteiger partial charge in [0.2, 0.25) is 0 Å². The summed E-state index contributed by atoms with van der Waals surface area (Å²) in [5.41, 5.74) is 0. The smallest absolute Gasteiger partial charge is 0.397 e. The number of esters is 1. The topological polar surface area (TPSA) is 178 Å². The Labute approximate surface area is 271 Å². The minimum Gasteiger partial charge on any atom is -0.457 e. The molecule has 0 saturated carbocycles. The van der Waals surface area contributed by atoms with Crippen LogP contribution in [0.5, 0.6) is 0 Å². The monoisotopic (exact) mass is 670 g/mol. The lowest BCUT2D eigenvalue weighted by Crippen LogP contribution is -2.60. The van der Waals surface area contributed by atoms with Crippen molar-refractivity contribution < 1.29 is 56.2 Å². The summed E-state index contributed by atoms with van der Waals surface area (Å²) in [7, 11) is -5.04. The maximum Gasteiger partial charge on any atom is 0.397 e. The van der Waals surface area contributed by atoms with Gasteiger partial charge in [-0.3, -0.25) is 9.35 Å². The van der Waals surface area contributed by atoms with Gasteiger partial charge >= 0.3 is 16.4 Å². The van der Waals surface area contributed by atoms with Crippen LogP contribution in [-0.4, -0.2) is 97.5 Å². The molecule has 0 amide bonds. The maximum atomic E-state index is 12.4. The van der Waals surface area contributed by atoms with E-state index in [1.807, 2.05) is 6.92 Å². The molecule has 1 aliphatic heterocycles. The van der Waals surface area contributed by atoms with Gasteiger partial charge in [0.1, 0.15) is 30.5 Å². The largest absolute Gasteiger partial charge is 0.457 e. The number of aliphatic hydroxyl groups excluding tert-OH is 3. The molecule has 12 nitrogen and oxygen atoms in total. The van der Waals surface area contributed by atoms with Crippen molar-refractivity contribution in [2.75, 3.05) is 26.4 Å². The van der Waals surface area contributed by atoms with Crippen LogP contribution in [0.3, 0.4) is 0 Å². The van der Waals surface area contributed by atoms with Crippen molar-refractivity contribution in [2.45, 2.75) is 173 Å². The molecule has 0 aromatic rings. The normalized spacial score (nSPS) is 22.8. The molecule has 1 aliphatic rings. The Morgan fingerprint density at radius 1 is 0.756 bits per heavy atom. The number of aliphatic hydroxyl groups is 3. The summed E-state index contributed by atoms with van der Waals surface area (Å²) >= 11 is 0. The zero-order chi connectivity index (χ0) is 33.3. The molecule has 0 aliphatic carbocycles. The third kappa shape index (κ3) is 20.8. The quantitative estimate of drug-likeness (QED) is 0.0476. The molecule has 268 valence electrons. The fourth-order valence-electron chi connectivity index (χ4n) is 5.32. The first-order valence-electron chi connectivity index (χ1n) is 17.3. The molecule has 13 heteroatoms. The predicted octanol–water partition coefficient (Wildman–Crippen LogP) is 5.01. The maximum absolute atomic E-state index is 12.4. The molecule has 1 fully saturated rings. The summed E-state index contributed by atoms with van der Waals surface area (Å²) in [6.07, 6.45) is 12.5. The predicted molar refractivity (Wildman–Crippen MR) is 170 cm³/mol. The average molecular weight is 671 g/mol. The number of carbonyl (C=O) groups is 1. The Kier molecular flexibility index (Phi) is 24.4. The number of rotatable bonds is 29. The lowest BCUT2D eigenvalue weighted by molar-refractivity contribution is -0.301. The van der Waals surface area contributed by atoms with E-state index in [2.05, 4.69) is 11.1 Å². The van der Waals surface area contributed by atoms with Crippen molar-refractivity contribution in [2.24, 2.45) is 0 Å². The van der Waals surface area contributed by atoms with Crippen molar-refractivity contribution in [3.63, 3.8) is 0 Å². The van der Waals surface area contributed by atoms with Crippen molar-refractivity contribution in [3.8, 4) is 0 Å². The molecule has 6 unspecified atom stereocenters. The van der Waals surface area contributed by atoms with E-state index in [1.165, 1.54) is 77.0 Å². The number of carbonyl (C=O) groups excluding carboxylic acids is 1. The van der Waals surface area contributed by atoms with Crippen LogP contribution < -0.4 is 0 Å². The summed E-state index contributed by atoms with van der Waals surface area (Å²) < 4.78 is 58.1. The van der Waals surface area contributed by atoms with E-state index >= 15 is 0 Å². The van der Waals surface area contributed by atoms with E-state index in [0.29, 0.717) is 13.0 Å². The van der Waals surface area contributed by atoms with Gasteiger partial charge in [-0.2, -0.15) is 8.42 Å². The van der Waals surface area contributed by atoms with Gasteiger partial charge < -0.3 is 34.3 Å². The van der Waals surface area contributed by atoms with Crippen molar-refractivity contribution in [3.05, 3.63) is 0 Å². The van der Waals surface area contributed by atoms with E-state index in [1.54, 1.807) is 0 Å². The first-order valence-corrected chi connectivity index (χ1v) is 18.7. The third-order valence-corrected chi connectivity index (χ3v) is 8.44. The van der Waals surface area contributed by atoms with Crippen LogP contribution in [0, 0.1) is 0 Å². The molecule has 4 N–H and O–H groups in total. The minimum absolute atomic E-state index is 0.0396. The van der Waals surface area contributed by atoms with Crippen molar-refractivity contribution >= 4 is 16.4 Å². The summed E-state index contributed by atoms with van der Waals surface area (Å²) in [5.74, 6) is -0.422. The lowest BCUT2D eigenvalue weighted by atomic mass is 9.99. The van der Waals surface area contributed by atoms with Gasteiger partial charge in [0, 0.05) is 13.0 Å². The van der Waals surface area contributed by atoms with E-state index in [-0.39, 0.29) is 19.6 Å². The zero-order valence-corrected chi connectivity index (χ0v) is 28.5. The van der Waals surface area contributed by atoms with Gasteiger partial charge in [-0.15, -0.1) is 0 Å². The number of hydrogen-bond donors (Lipinski definition) is 4. The summed E-state index contributed by atoms with van der Waals surface area (Å²) in [5, 5.41) is 30.2. The Morgan fingerprint density at radius 2 is 1.27 bits per heavy atom. The fraction of sp³-hybridized carbons (Fsp3) is 0.969. The summed E-state index contributed by atoms with van der Waals surface area (Å²) in [6.45, 7) is 3.79. The second-order valence-corrected chi connectivity index (χ2v) is 13.2. The summed E-state index contributed by atoms with van der Waals surface area (Å²) in [4.78, 5) is 12.4. The van der Waals surface area contributed by atoms with Gasteiger partial charge in [-0.05, 0) is 12.8 Å². The molecule has 0 bridgehead atoms. The molecule has 0 spiro atoms. The second kappa shape index (κ2) is 26.1. The molecule has 1 heterocycles. The van der Waals surface area contributed by atoms with Crippen LogP contribution in [0.4, 0.5) is 0 Å². The summed E-state index contributed by atoms with van der Waals surface area (Å²) in [6, 6.07) is 0. The zero-order valence-electron chi connectivity index (χ0n) is 27.7. The number of hydrogen-bond acceptors (Lipinski definition) is 11. The minimum atomic E-state index is -5.04. The number of unbranched alkanes of at least 4 members (excludes halogenated alkanes) is 16. The van der Waals surface area contributed by atoms with Gasteiger partial charge in [0.15, 0.2) is 6.29 Å². The Bertz CT molecular complexity index is 827. The van der Waals surface area contributed by atoms with E-state index in [0.717, 1.165) is 32.1 Å². The highest BCUT2D eigenvalue weighted by Crippen LogP contribution is 2.26. The SMILES string of the molecule is CCCCCCCCCCCCCCCCCOCC(COC1OC(CO)C(O)C(OS(=O)(=O)O)C1O)OC(=O)CCCCC. The highest BCUT2D eigenvalue weighted by molar-refractivity contribution is 7.80.